The highest BCUT2D eigenvalue weighted by Gasteiger charge is 2.58. The third kappa shape index (κ3) is 2.95. The largest absolute Gasteiger partial charge is 0.298 e. The highest BCUT2D eigenvalue weighted by atomic mass is 19.1. The Kier molecular flexibility index (Phi) is 4.81. The Morgan fingerprint density at radius 1 is 0.750 bits per heavy atom. The normalized spacial score (nSPS) is 22.1. The molecule has 1 N–H and O–H groups in total. The second kappa shape index (κ2) is 7.09. The fourth-order valence-corrected chi connectivity index (χ4v) is 3.70. The van der Waals surface area contributed by atoms with Gasteiger partial charge in [-0.15, -0.1) is 0 Å². The van der Waals surface area contributed by atoms with Gasteiger partial charge >= 0.3 is 0 Å². The van der Waals surface area contributed by atoms with Crippen molar-refractivity contribution in [1.82, 2.24) is 5.32 Å². The Hall–Kier alpha value is -3.78. The van der Waals surface area contributed by atoms with Crippen LogP contribution in [0.3, 0.4) is 0 Å². The molecule has 0 amide bonds. The Bertz CT molecular complexity index is 970. The monoisotopic (exact) mass is 373 g/mol. The molecule has 1 aliphatic rings. The molecule has 0 aromatic heterocycles. The fourth-order valence-electron chi connectivity index (χ4n) is 3.70. The van der Waals surface area contributed by atoms with E-state index in [4.69, 9.17) is 0 Å². The van der Waals surface area contributed by atoms with Gasteiger partial charge in [0.25, 0.3) is 0 Å². The van der Waals surface area contributed by atoms with Crippen molar-refractivity contribution in [3.8, 4) is 24.3 Å². The minimum Gasteiger partial charge on any atom is -0.298 e. The molecule has 1 aliphatic heterocycles. The van der Waals surface area contributed by atoms with E-state index in [0.29, 0.717) is 11.1 Å². The van der Waals surface area contributed by atoms with Crippen LogP contribution in [0.5, 0.6) is 0 Å². The summed E-state index contributed by atoms with van der Waals surface area (Å²) in [4.78, 5) is 0. The first kappa shape index (κ1) is 19.0. The molecular weight excluding hydrogens is 360 g/mol. The Morgan fingerprint density at radius 3 is 1.46 bits per heavy atom. The molecular formula is C21H13F2N5. The fraction of sp³-hybridized carbons (Fsp3) is 0.238. The lowest BCUT2D eigenvalue weighted by Crippen LogP contribution is -2.52. The summed E-state index contributed by atoms with van der Waals surface area (Å²) >= 11 is 0. The molecule has 2 aromatic carbocycles. The Balaban J connectivity index is 2.22. The van der Waals surface area contributed by atoms with E-state index in [9.17, 15) is 29.8 Å². The zero-order valence-electron chi connectivity index (χ0n) is 14.5. The van der Waals surface area contributed by atoms with E-state index in [1.165, 1.54) is 36.4 Å². The van der Waals surface area contributed by atoms with Gasteiger partial charge in [0.1, 0.15) is 11.6 Å². The molecule has 28 heavy (non-hydrogen) atoms. The van der Waals surface area contributed by atoms with Gasteiger partial charge in [-0.25, -0.2) is 8.78 Å². The number of hydrogen-bond donors (Lipinski definition) is 1. The maximum Gasteiger partial charge on any atom is 0.165 e. The zero-order chi connectivity index (χ0) is 20.4. The van der Waals surface area contributed by atoms with Gasteiger partial charge in [0.15, 0.2) is 10.8 Å². The van der Waals surface area contributed by atoms with Crippen molar-refractivity contribution in [3.63, 3.8) is 0 Å². The highest BCUT2D eigenvalue weighted by Crippen LogP contribution is 2.53. The number of nitriles is 4. The summed E-state index contributed by atoms with van der Waals surface area (Å²) in [7, 11) is 0. The molecule has 2 unspecified atom stereocenters. The van der Waals surface area contributed by atoms with Crippen LogP contribution in [0.25, 0.3) is 0 Å². The summed E-state index contributed by atoms with van der Waals surface area (Å²) in [6, 6.07) is 16.5. The van der Waals surface area contributed by atoms with Crippen LogP contribution in [-0.4, -0.2) is 0 Å². The van der Waals surface area contributed by atoms with Gasteiger partial charge in [0.2, 0.25) is 0 Å². The number of hydrogen-bond acceptors (Lipinski definition) is 5. The van der Waals surface area contributed by atoms with Crippen molar-refractivity contribution in [2.75, 3.05) is 0 Å². The molecule has 0 spiro atoms. The summed E-state index contributed by atoms with van der Waals surface area (Å²) < 4.78 is 27.6. The summed E-state index contributed by atoms with van der Waals surface area (Å²) in [5.41, 5.74) is -2.92. The molecule has 0 saturated carbocycles. The molecule has 1 fully saturated rings. The van der Waals surface area contributed by atoms with Gasteiger partial charge in [-0.3, -0.25) is 5.32 Å². The average molecular weight is 373 g/mol. The number of nitrogens with one attached hydrogen (secondary N) is 1. The second-order valence-electron chi connectivity index (χ2n) is 6.71. The summed E-state index contributed by atoms with van der Waals surface area (Å²) in [5, 5.41) is 42.1. The van der Waals surface area contributed by atoms with Crippen molar-refractivity contribution in [1.29, 1.82) is 21.0 Å². The van der Waals surface area contributed by atoms with Crippen LogP contribution in [0, 0.1) is 67.8 Å². The van der Waals surface area contributed by atoms with Crippen molar-refractivity contribution < 1.29 is 8.78 Å². The topological polar surface area (TPSA) is 107 Å². The molecule has 2 atom stereocenters. The predicted octanol–water partition coefficient (Wildman–Crippen LogP) is 3.81. The number of piperidine rings is 1. The van der Waals surface area contributed by atoms with E-state index < -0.39 is 41.0 Å². The Morgan fingerprint density at radius 2 is 1.14 bits per heavy atom. The van der Waals surface area contributed by atoms with Crippen LogP contribution in [0.1, 0.15) is 29.6 Å². The van der Waals surface area contributed by atoms with Gasteiger partial charge in [-0.1, -0.05) is 24.3 Å². The standard InChI is InChI=1S/C21H13F2N5/c22-16-5-1-3-14(7-16)18-20(10-24,11-25)9-21(12-26,13-27)19(28-18)15-4-2-6-17(23)8-15/h1-8,18-19,28H,9H2. The van der Waals surface area contributed by atoms with E-state index in [1.54, 1.807) is 12.1 Å². The molecule has 136 valence electrons. The lowest BCUT2D eigenvalue weighted by molar-refractivity contribution is 0.136. The number of nitrogens with zero attached hydrogens (tertiary/aromatic N) is 4. The summed E-state index contributed by atoms with van der Waals surface area (Å²) in [6.45, 7) is 0. The lowest BCUT2D eigenvalue weighted by atomic mass is 9.60. The highest BCUT2D eigenvalue weighted by molar-refractivity contribution is 5.40. The van der Waals surface area contributed by atoms with Crippen LogP contribution >= 0.6 is 0 Å². The first-order valence-corrected chi connectivity index (χ1v) is 8.35. The Labute approximate surface area is 160 Å². The van der Waals surface area contributed by atoms with Gasteiger partial charge in [-0.05, 0) is 35.4 Å². The van der Waals surface area contributed by atoms with Gasteiger partial charge in [-0.2, -0.15) is 21.0 Å². The summed E-state index contributed by atoms with van der Waals surface area (Å²) in [6.07, 6.45) is -0.393. The van der Waals surface area contributed by atoms with Crippen LogP contribution in [0.4, 0.5) is 8.78 Å². The minimum atomic E-state index is -1.79. The first-order valence-electron chi connectivity index (χ1n) is 8.35. The van der Waals surface area contributed by atoms with Crippen LogP contribution in [0.2, 0.25) is 0 Å². The molecule has 3 rings (SSSR count). The SMILES string of the molecule is N#CC1(C#N)CC(C#N)(C#N)C(c2cccc(F)c2)NC1c1cccc(F)c1. The van der Waals surface area contributed by atoms with Crippen LogP contribution in [-0.2, 0) is 0 Å². The third-order valence-corrected chi connectivity index (χ3v) is 5.04. The quantitative estimate of drug-likeness (QED) is 0.861. The number of benzene rings is 2. The molecule has 1 saturated heterocycles. The van der Waals surface area contributed by atoms with E-state index in [2.05, 4.69) is 5.32 Å². The molecule has 0 aliphatic carbocycles. The van der Waals surface area contributed by atoms with Gasteiger partial charge < -0.3 is 0 Å². The molecule has 0 radical (unpaired) electrons. The van der Waals surface area contributed by atoms with Crippen molar-refractivity contribution in [2.45, 2.75) is 18.5 Å². The van der Waals surface area contributed by atoms with Crippen molar-refractivity contribution >= 4 is 0 Å². The predicted molar refractivity (Wildman–Crippen MR) is 93.4 cm³/mol. The maximum absolute atomic E-state index is 13.8. The maximum atomic E-state index is 13.8. The van der Waals surface area contributed by atoms with Crippen LogP contribution < -0.4 is 5.32 Å². The summed E-state index contributed by atoms with van der Waals surface area (Å²) in [5.74, 6) is -1.10. The number of rotatable bonds is 2. The average Bonchev–Trinajstić information content (AvgIpc) is 2.72. The molecule has 0 bridgehead atoms. The van der Waals surface area contributed by atoms with E-state index in [1.807, 2.05) is 24.3 Å². The smallest absolute Gasteiger partial charge is 0.165 e. The van der Waals surface area contributed by atoms with E-state index in [0.717, 1.165) is 0 Å². The molecule has 5 nitrogen and oxygen atoms in total. The minimum absolute atomic E-state index is 0.328. The zero-order valence-corrected chi connectivity index (χ0v) is 14.5. The molecule has 1 heterocycles. The third-order valence-electron chi connectivity index (χ3n) is 5.04. The van der Waals surface area contributed by atoms with Gasteiger partial charge in [0, 0.05) is 6.42 Å². The van der Waals surface area contributed by atoms with E-state index >= 15 is 0 Å². The molecule has 2 aromatic rings. The number of halogens is 2. The van der Waals surface area contributed by atoms with Crippen molar-refractivity contribution in [3.05, 3.63) is 71.3 Å². The van der Waals surface area contributed by atoms with Crippen molar-refractivity contribution in [2.24, 2.45) is 10.8 Å². The van der Waals surface area contributed by atoms with Crippen LogP contribution in [0.15, 0.2) is 48.5 Å². The molecule has 7 heteroatoms. The van der Waals surface area contributed by atoms with Gasteiger partial charge in [0.05, 0.1) is 36.4 Å². The second-order valence-corrected chi connectivity index (χ2v) is 6.71. The van der Waals surface area contributed by atoms with E-state index in [-0.39, 0.29) is 0 Å². The first-order chi connectivity index (χ1) is 13.4. The lowest BCUT2D eigenvalue weighted by Gasteiger charge is -2.45.